The molecule has 0 spiro atoms. The molecule has 0 atom stereocenters. The second-order valence-electron chi connectivity index (χ2n) is 6.87. The van der Waals surface area contributed by atoms with Crippen molar-refractivity contribution < 1.29 is 26.7 Å². The molecule has 0 aromatic heterocycles. The number of halogens is 3. The second kappa shape index (κ2) is 7.79. The van der Waals surface area contributed by atoms with E-state index in [1.54, 1.807) is 0 Å². The molecule has 1 aliphatic carbocycles. The van der Waals surface area contributed by atoms with Crippen LogP contribution in [0.2, 0.25) is 5.02 Å². The van der Waals surface area contributed by atoms with E-state index in [4.69, 9.17) is 16.3 Å². The third kappa shape index (κ3) is 3.53. The highest BCUT2D eigenvalue weighted by atomic mass is 35.5. The standard InChI is InChI=1S/C20H19ClF2O4S/c1-27-19(24)13-8-10-20(11-9-13,17-12-15(22)4-7-18(17)23)28(25,26)16-5-2-14(21)3-6-16/h2-7,12-13H,8-11H2,1H3. The summed E-state index contributed by atoms with van der Waals surface area (Å²) in [4.78, 5) is 11.8. The van der Waals surface area contributed by atoms with Gasteiger partial charge in [-0.3, -0.25) is 4.79 Å². The van der Waals surface area contributed by atoms with Crippen molar-refractivity contribution in [1.29, 1.82) is 0 Å². The number of esters is 1. The van der Waals surface area contributed by atoms with E-state index in [0.717, 1.165) is 18.2 Å². The van der Waals surface area contributed by atoms with Crippen LogP contribution < -0.4 is 0 Å². The Balaban J connectivity index is 2.14. The molecule has 0 saturated heterocycles. The van der Waals surface area contributed by atoms with Crippen LogP contribution in [0.15, 0.2) is 47.4 Å². The minimum atomic E-state index is -4.11. The second-order valence-corrected chi connectivity index (χ2v) is 9.57. The number of hydrogen-bond donors (Lipinski definition) is 0. The van der Waals surface area contributed by atoms with Crippen LogP contribution in [0.4, 0.5) is 8.78 Å². The first-order valence-electron chi connectivity index (χ1n) is 8.75. The van der Waals surface area contributed by atoms with Gasteiger partial charge in [0.15, 0.2) is 9.84 Å². The van der Waals surface area contributed by atoms with Crippen molar-refractivity contribution in [2.45, 2.75) is 35.3 Å². The normalized spacial score (nSPS) is 22.6. The van der Waals surface area contributed by atoms with Gasteiger partial charge in [0.05, 0.1) is 17.9 Å². The summed E-state index contributed by atoms with van der Waals surface area (Å²) in [5.41, 5.74) is -0.217. The lowest BCUT2D eigenvalue weighted by atomic mass is 9.77. The van der Waals surface area contributed by atoms with Crippen molar-refractivity contribution in [2.24, 2.45) is 5.92 Å². The Morgan fingerprint density at radius 3 is 2.29 bits per heavy atom. The molecule has 0 bridgehead atoms. The van der Waals surface area contributed by atoms with Crippen LogP contribution in [-0.2, 0) is 24.1 Å². The van der Waals surface area contributed by atoms with Gasteiger partial charge in [0.25, 0.3) is 0 Å². The Labute approximate surface area is 167 Å². The van der Waals surface area contributed by atoms with Crippen molar-refractivity contribution in [3.8, 4) is 0 Å². The van der Waals surface area contributed by atoms with Gasteiger partial charge in [-0.2, -0.15) is 0 Å². The van der Waals surface area contributed by atoms with Crippen molar-refractivity contribution >= 4 is 27.4 Å². The summed E-state index contributed by atoms with van der Waals surface area (Å²) in [5.74, 6) is -2.43. The summed E-state index contributed by atoms with van der Waals surface area (Å²) >= 11 is 5.86. The molecule has 0 N–H and O–H groups in total. The van der Waals surface area contributed by atoms with Gasteiger partial charge >= 0.3 is 5.97 Å². The number of rotatable bonds is 4. The van der Waals surface area contributed by atoms with Gasteiger partial charge < -0.3 is 4.74 Å². The molecule has 0 radical (unpaired) electrons. The van der Waals surface area contributed by atoms with Crippen LogP contribution in [0.5, 0.6) is 0 Å². The molecular weight excluding hydrogens is 410 g/mol. The van der Waals surface area contributed by atoms with Crippen LogP contribution >= 0.6 is 11.6 Å². The van der Waals surface area contributed by atoms with E-state index in [1.165, 1.54) is 31.4 Å². The molecule has 28 heavy (non-hydrogen) atoms. The number of benzene rings is 2. The first-order chi connectivity index (χ1) is 13.2. The molecular formula is C20H19ClF2O4S. The summed E-state index contributed by atoms with van der Waals surface area (Å²) in [5, 5.41) is 0.360. The molecule has 4 nitrogen and oxygen atoms in total. The highest BCUT2D eigenvalue weighted by molar-refractivity contribution is 7.92. The zero-order valence-electron chi connectivity index (χ0n) is 15.1. The molecule has 0 amide bonds. The minimum absolute atomic E-state index is 0.0297. The van der Waals surface area contributed by atoms with Gasteiger partial charge in [-0.1, -0.05) is 11.6 Å². The van der Waals surface area contributed by atoms with Gasteiger partial charge in [-0.15, -0.1) is 0 Å². The quantitative estimate of drug-likeness (QED) is 0.665. The van der Waals surface area contributed by atoms with E-state index in [9.17, 15) is 22.0 Å². The summed E-state index contributed by atoms with van der Waals surface area (Å²) in [6, 6.07) is 8.37. The zero-order valence-corrected chi connectivity index (χ0v) is 16.7. The topological polar surface area (TPSA) is 60.4 Å². The smallest absolute Gasteiger partial charge is 0.308 e. The highest BCUT2D eigenvalue weighted by Crippen LogP contribution is 2.49. The predicted molar refractivity (Wildman–Crippen MR) is 101 cm³/mol. The number of ether oxygens (including phenoxy) is 1. The first-order valence-corrected chi connectivity index (χ1v) is 10.6. The van der Waals surface area contributed by atoms with E-state index in [0.29, 0.717) is 5.02 Å². The Hall–Kier alpha value is -1.99. The molecule has 0 unspecified atom stereocenters. The molecule has 1 aliphatic rings. The lowest BCUT2D eigenvalue weighted by Gasteiger charge is -2.39. The van der Waals surface area contributed by atoms with Gasteiger partial charge in [0, 0.05) is 10.6 Å². The Kier molecular flexibility index (Phi) is 5.77. The minimum Gasteiger partial charge on any atom is -0.469 e. The summed E-state index contributed by atoms with van der Waals surface area (Å²) in [7, 11) is -2.84. The number of carbonyl (C=O) groups is 1. The summed E-state index contributed by atoms with van der Waals surface area (Å²) in [6.45, 7) is 0. The van der Waals surface area contributed by atoms with E-state index in [1.807, 2.05) is 0 Å². The molecule has 1 saturated carbocycles. The molecule has 3 rings (SSSR count). The number of hydrogen-bond acceptors (Lipinski definition) is 4. The van der Waals surface area contributed by atoms with E-state index < -0.39 is 38.1 Å². The molecule has 1 fully saturated rings. The molecule has 2 aromatic rings. The van der Waals surface area contributed by atoms with Gasteiger partial charge in [0.1, 0.15) is 16.4 Å². The van der Waals surface area contributed by atoms with Crippen LogP contribution in [0, 0.1) is 17.6 Å². The molecule has 150 valence electrons. The lowest BCUT2D eigenvalue weighted by Crippen LogP contribution is -2.42. The van der Waals surface area contributed by atoms with Gasteiger partial charge in [-0.05, 0) is 68.1 Å². The van der Waals surface area contributed by atoms with Crippen molar-refractivity contribution in [2.75, 3.05) is 7.11 Å². The number of methoxy groups -OCH3 is 1. The third-order valence-electron chi connectivity index (χ3n) is 5.39. The fourth-order valence-corrected chi connectivity index (χ4v) is 6.15. The van der Waals surface area contributed by atoms with Crippen molar-refractivity contribution in [3.63, 3.8) is 0 Å². The molecule has 8 heteroatoms. The Morgan fingerprint density at radius 1 is 1.11 bits per heavy atom. The van der Waals surface area contributed by atoms with E-state index in [2.05, 4.69) is 0 Å². The van der Waals surface area contributed by atoms with Crippen LogP contribution in [0.25, 0.3) is 0 Å². The Bertz CT molecular complexity index is 982. The molecule has 0 aliphatic heterocycles. The van der Waals surface area contributed by atoms with Crippen LogP contribution in [-0.4, -0.2) is 21.5 Å². The average Bonchev–Trinajstić information content (AvgIpc) is 2.69. The fourth-order valence-electron chi connectivity index (χ4n) is 3.86. The monoisotopic (exact) mass is 428 g/mol. The van der Waals surface area contributed by atoms with Crippen molar-refractivity contribution in [1.82, 2.24) is 0 Å². The predicted octanol–water partition coefficient (Wildman–Crippen LogP) is 4.65. The fraction of sp³-hybridized carbons (Fsp3) is 0.350. The number of carbonyl (C=O) groups excluding carboxylic acids is 1. The van der Waals surface area contributed by atoms with E-state index >= 15 is 0 Å². The first kappa shape index (κ1) is 20.7. The molecule has 0 heterocycles. The van der Waals surface area contributed by atoms with Gasteiger partial charge in [-0.25, -0.2) is 17.2 Å². The van der Waals surface area contributed by atoms with Crippen LogP contribution in [0.1, 0.15) is 31.2 Å². The number of sulfone groups is 1. The maximum absolute atomic E-state index is 14.7. The molecule has 2 aromatic carbocycles. The Morgan fingerprint density at radius 2 is 1.71 bits per heavy atom. The van der Waals surface area contributed by atoms with Crippen molar-refractivity contribution in [3.05, 3.63) is 64.7 Å². The van der Waals surface area contributed by atoms with E-state index in [-0.39, 0.29) is 36.1 Å². The van der Waals surface area contributed by atoms with Gasteiger partial charge in [0.2, 0.25) is 0 Å². The van der Waals surface area contributed by atoms with Crippen LogP contribution in [0.3, 0.4) is 0 Å². The summed E-state index contributed by atoms with van der Waals surface area (Å²) < 4.78 is 58.8. The summed E-state index contributed by atoms with van der Waals surface area (Å²) in [6.07, 6.45) is 0.321. The SMILES string of the molecule is COC(=O)C1CCC(c2cc(F)ccc2F)(S(=O)(=O)c2ccc(Cl)cc2)CC1. The maximum atomic E-state index is 14.7. The zero-order chi connectivity index (χ0) is 20.5. The average molecular weight is 429 g/mol. The maximum Gasteiger partial charge on any atom is 0.308 e. The lowest BCUT2D eigenvalue weighted by molar-refractivity contribution is -0.146. The largest absolute Gasteiger partial charge is 0.469 e. The third-order valence-corrected chi connectivity index (χ3v) is 8.19. The highest BCUT2D eigenvalue weighted by Gasteiger charge is 2.51.